The second kappa shape index (κ2) is 14.8. The Kier molecular flexibility index (Phi) is 13.6. The van der Waals surface area contributed by atoms with E-state index >= 15 is 0 Å². The van der Waals surface area contributed by atoms with Crippen LogP contribution in [0.1, 0.15) is 38.1 Å². The molecule has 28 heavy (non-hydrogen) atoms. The molecule has 0 saturated carbocycles. The Morgan fingerprint density at radius 1 is 1.18 bits per heavy atom. The predicted molar refractivity (Wildman–Crippen MR) is 122 cm³/mol. The van der Waals surface area contributed by atoms with Gasteiger partial charge in [0.1, 0.15) is 5.76 Å². The summed E-state index contributed by atoms with van der Waals surface area (Å²) in [5, 5.41) is 3.44. The molecule has 0 unspecified atom stereocenters. The molecule has 0 aliphatic rings. The zero-order valence-corrected chi connectivity index (χ0v) is 18.7. The molecule has 0 fully saturated rings. The first-order valence-corrected chi connectivity index (χ1v) is 9.61. The van der Waals surface area contributed by atoms with Crippen LogP contribution in [0, 0.1) is 0 Å². The van der Waals surface area contributed by atoms with E-state index in [1.54, 1.807) is 31.4 Å². The highest BCUT2D eigenvalue weighted by molar-refractivity contribution is 6.43. The monoisotopic (exact) mass is 421 g/mol. The van der Waals surface area contributed by atoms with Crippen LogP contribution < -0.4 is 5.32 Å². The topological polar surface area (TPSA) is 38.3 Å². The van der Waals surface area contributed by atoms with Gasteiger partial charge >= 0.3 is 0 Å². The van der Waals surface area contributed by atoms with Crippen molar-refractivity contribution in [1.29, 1.82) is 0 Å². The average Bonchev–Trinajstić information content (AvgIpc) is 2.69. The molecule has 152 valence electrons. The minimum Gasteiger partial charge on any atom is -0.497 e. The first-order chi connectivity index (χ1) is 13.4. The Morgan fingerprint density at radius 3 is 2.29 bits per heavy atom. The lowest BCUT2D eigenvalue weighted by Gasteiger charge is -2.09. The standard InChI is InChI=1S/C16H17Cl2NO.C7H12O/c1-4-7-11(3)12(5-2)10-19-16(20)13-8-6-9-14(17)15(13)18;1-4-6-7(5-2)8-3/h4-9H,2,10H2,1,3H3,(H,19,20);4-6H,1-3H3/b7-4-,12-11+;6-4-,7-5+. The molecule has 1 N–H and O–H groups in total. The Labute approximate surface area is 179 Å². The Balaban J connectivity index is 0.000000769. The Morgan fingerprint density at radius 2 is 1.82 bits per heavy atom. The fraction of sp³-hybridized carbons (Fsp3) is 0.261. The van der Waals surface area contributed by atoms with Crippen molar-refractivity contribution < 1.29 is 9.53 Å². The van der Waals surface area contributed by atoms with Crippen LogP contribution in [0.4, 0.5) is 0 Å². The first kappa shape index (κ1) is 25.8. The van der Waals surface area contributed by atoms with Gasteiger partial charge in [0, 0.05) is 6.54 Å². The number of benzene rings is 1. The number of hydrogen-bond acceptors (Lipinski definition) is 2. The third-order valence-corrected chi connectivity index (χ3v) is 4.48. The van der Waals surface area contributed by atoms with Gasteiger partial charge in [-0.25, -0.2) is 0 Å². The van der Waals surface area contributed by atoms with Crippen molar-refractivity contribution in [3.63, 3.8) is 0 Å². The highest BCUT2D eigenvalue weighted by atomic mass is 35.5. The van der Waals surface area contributed by atoms with Gasteiger partial charge in [0.2, 0.25) is 0 Å². The van der Waals surface area contributed by atoms with Crippen molar-refractivity contribution in [2.75, 3.05) is 13.7 Å². The SMILES string of the molecule is C/C=C\C(=C/C)OC.C=C/C(CNC(=O)c1cccc(Cl)c1Cl)=C(C)\C=C/C. The predicted octanol–water partition coefficient (Wildman–Crippen LogP) is 6.91. The lowest BCUT2D eigenvalue weighted by Crippen LogP contribution is -2.26. The van der Waals surface area contributed by atoms with Crippen molar-refractivity contribution in [2.24, 2.45) is 0 Å². The number of hydrogen-bond donors (Lipinski definition) is 1. The summed E-state index contributed by atoms with van der Waals surface area (Å²) in [5.74, 6) is 0.651. The summed E-state index contributed by atoms with van der Waals surface area (Å²) in [6.07, 6.45) is 11.4. The van der Waals surface area contributed by atoms with Gasteiger partial charge in [-0.1, -0.05) is 60.2 Å². The molecule has 0 heterocycles. The maximum Gasteiger partial charge on any atom is 0.253 e. The first-order valence-electron chi connectivity index (χ1n) is 8.86. The molecular weight excluding hydrogens is 393 g/mol. The molecule has 0 spiro atoms. The minimum atomic E-state index is -0.259. The molecule has 0 aromatic heterocycles. The largest absolute Gasteiger partial charge is 0.497 e. The highest BCUT2D eigenvalue weighted by Gasteiger charge is 2.12. The molecule has 1 rings (SSSR count). The molecule has 5 heteroatoms. The van der Waals surface area contributed by atoms with E-state index < -0.39 is 0 Å². The maximum atomic E-state index is 12.1. The summed E-state index contributed by atoms with van der Waals surface area (Å²) in [6, 6.07) is 4.98. The van der Waals surface area contributed by atoms with E-state index in [4.69, 9.17) is 27.9 Å². The number of allylic oxidation sites excluding steroid dienone is 6. The number of ether oxygens (including phenoxy) is 1. The normalized spacial score (nSPS) is 12.3. The van der Waals surface area contributed by atoms with Gasteiger partial charge in [0.25, 0.3) is 5.91 Å². The molecular formula is C23H29Cl2NO2. The number of methoxy groups -OCH3 is 1. The van der Waals surface area contributed by atoms with Gasteiger partial charge in [0.15, 0.2) is 0 Å². The molecule has 0 saturated heterocycles. The summed E-state index contributed by atoms with van der Waals surface area (Å²) < 4.78 is 4.91. The highest BCUT2D eigenvalue weighted by Crippen LogP contribution is 2.25. The van der Waals surface area contributed by atoms with Crippen LogP contribution >= 0.6 is 23.2 Å². The van der Waals surface area contributed by atoms with Crippen LogP contribution in [0.25, 0.3) is 0 Å². The van der Waals surface area contributed by atoms with E-state index in [1.807, 2.05) is 58.1 Å². The number of halogens is 2. The number of nitrogens with one attached hydrogen (secondary N) is 1. The van der Waals surface area contributed by atoms with Gasteiger partial charge in [-0.15, -0.1) is 0 Å². The molecule has 0 atom stereocenters. The molecule has 3 nitrogen and oxygen atoms in total. The number of carbonyl (C=O) groups is 1. The summed E-state index contributed by atoms with van der Waals surface area (Å²) in [5.41, 5.74) is 2.38. The zero-order chi connectivity index (χ0) is 21.5. The molecule has 0 aliphatic heterocycles. The van der Waals surface area contributed by atoms with Crippen LogP contribution in [0.3, 0.4) is 0 Å². The molecule has 1 aromatic carbocycles. The number of rotatable bonds is 7. The summed E-state index contributed by atoms with van der Waals surface area (Å²) in [6.45, 7) is 12.0. The molecule has 1 amide bonds. The van der Waals surface area contributed by atoms with Gasteiger partial charge in [0.05, 0.1) is 22.7 Å². The molecule has 0 radical (unpaired) electrons. The fourth-order valence-electron chi connectivity index (χ4n) is 2.13. The summed E-state index contributed by atoms with van der Waals surface area (Å²) in [7, 11) is 1.66. The Hall–Kier alpha value is -2.23. The third kappa shape index (κ3) is 9.12. The maximum absolute atomic E-state index is 12.1. The molecule has 0 bridgehead atoms. The lowest BCUT2D eigenvalue weighted by atomic mass is 10.1. The molecule has 1 aromatic rings. The lowest BCUT2D eigenvalue weighted by molar-refractivity contribution is 0.0957. The number of carbonyl (C=O) groups excluding carboxylic acids is 1. The van der Waals surface area contributed by atoms with Crippen LogP contribution in [-0.4, -0.2) is 19.6 Å². The Bertz CT molecular complexity index is 772. The molecule has 0 aliphatic carbocycles. The number of amides is 1. The van der Waals surface area contributed by atoms with Crippen molar-refractivity contribution in [3.8, 4) is 0 Å². The van der Waals surface area contributed by atoms with E-state index in [1.165, 1.54) is 0 Å². The van der Waals surface area contributed by atoms with Gasteiger partial charge in [-0.3, -0.25) is 4.79 Å². The zero-order valence-electron chi connectivity index (χ0n) is 17.2. The van der Waals surface area contributed by atoms with Crippen LogP contribution in [-0.2, 0) is 4.74 Å². The van der Waals surface area contributed by atoms with Gasteiger partial charge in [-0.2, -0.15) is 0 Å². The summed E-state index contributed by atoms with van der Waals surface area (Å²) >= 11 is 11.9. The van der Waals surface area contributed by atoms with Crippen LogP contribution in [0.15, 0.2) is 78.1 Å². The van der Waals surface area contributed by atoms with Gasteiger partial charge in [-0.05, 0) is 63.1 Å². The second-order valence-electron chi connectivity index (χ2n) is 5.59. The van der Waals surface area contributed by atoms with E-state index in [2.05, 4.69) is 11.9 Å². The fourth-order valence-corrected chi connectivity index (χ4v) is 2.51. The quantitative estimate of drug-likeness (QED) is 0.383. The minimum absolute atomic E-state index is 0.259. The van der Waals surface area contributed by atoms with E-state index in [0.717, 1.165) is 16.9 Å². The smallest absolute Gasteiger partial charge is 0.253 e. The average molecular weight is 422 g/mol. The van der Waals surface area contributed by atoms with E-state index in [0.29, 0.717) is 17.1 Å². The van der Waals surface area contributed by atoms with Gasteiger partial charge < -0.3 is 10.1 Å². The van der Waals surface area contributed by atoms with Crippen molar-refractivity contribution in [2.45, 2.75) is 27.7 Å². The van der Waals surface area contributed by atoms with E-state index in [9.17, 15) is 4.79 Å². The van der Waals surface area contributed by atoms with Crippen LogP contribution in [0.5, 0.6) is 0 Å². The van der Waals surface area contributed by atoms with Crippen LogP contribution in [0.2, 0.25) is 10.0 Å². The third-order valence-electron chi connectivity index (χ3n) is 3.66. The summed E-state index contributed by atoms with van der Waals surface area (Å²) in [4.78, 5) is 12.1. The second-order valence-corrected chi connectivity index (χ2v) is 6.38. The van der Waals surface area contributed by atoms with Crippen molar-refractivity contribution in [1.82, 2.24) is 5.32 Å². The van der Waals surface area contributed by atoms with Crippen molar-refractivity contribution in [3.05, 3.63) is 93.7 Å². The van der Waals surface area contributed by atoms with Crippen molar-refractivity contribution >= 4 is 29.1 Å². The van der Waals surface area contributed by atoms with E-state index in [-0.39, 0.29) is 10.9 Å².